The average molecular weight is 253 g/mol. The van der Waals surface area contributed by atoms with Gasteiger partial charge in [-0.3, -0.25) is 0 Å². The number of fused-ring (bicyclic) bond motifs is 1. The number of hydrogen-bond donors (Lipinski definition) is 1. The number of nitrogen functional groups attached to an aromatic ring is 1. The third-order valence-corrected chi connectivity index (χ3v) is 2.99. The van der Waals surface area contributed by atoms with Gasteiger partial charge in [0, 0.05) is 18.2 Å². The van der Waals surface area contributed by atoms with E-state index in [4.69, 9.17) is 5.73 Å². The van der Waals surface area contributed by atoms with Crippen LogP contribution in [0.1, 0.15) is 33.2 Å². The van der Waals surface area contributed by atoms with Gasteiger partial charge in [0.2, 0.25) is 5.95 Å². The summed E-state index contributed by atoms with van der Waals surface area (Å²) in [4.78, 5) is 3.98. The minimum Gasteiger partial charge on any atom is -0.369 e. The Bertz CT molecular complexity index is 575. The Kier molecular flexibility index (Phi) is 3.24. The zero-order valence-corrected chi connectivity index (χ0v) is 10.7. The summed E-state index contributed by atoms with van der Waals surface area (Å²) >= 11 is 0. The molecule has 98 valence electrons. The molecular formula is C13H17F2N3. The Labute approximate surface area is 105 Å². The second-order valence-corrected chi connectivity index (χ2v) is 5.07. The summed E-state index contributed by atoms with van der Waals surface area (Å²) in [5.41, 5.74) is 6.36. The fourth-order valence-electron chi connectivity index (χ4n) is 2.39. The lowest BCUT2D eigenvalue weighted by atomic mass is 10.0. The molecule has 1 aromatic carbocycles. The van der Waals surface area contributed by atoms with Crippen molar-refractivity contribution in [1.29, 1.82) is 0 Å². The molecule has 18 heavy (non-hydrogen) atoms. The molecule has 0 saturated heterocycles. The van der Waals surface area contributed by atoms with Crippen molar-refractivity contribution in [2.75, 3.05) is 5.73 Å². The lowest BCUT2D eigenvalue weighted by Gasteiger charge is -2.17. The number of halogens is 2. The fourth-order valence-corrected chi connectivity index (χ4v) is 2.39. The summed E-state index contributed by atoms with van der Waals surface area (Å²) in [5.74, 6) is -0.594. The molecule has 0 spiro atoms. The first-order valence-electron chi connectivity index (χ1n) is 6.02. The molecule has 1 unspecified atom stereocenters. The molecule has 0 radical (unpaired) electrons. The van der Waals surface area contributed by atoms with E-state index in [0.29, 0.717) is 11.4 Å². The lowest BCUT2D eigenvalue weighted by molar-refractivity contribution is 0.439. The molecule has 1 atom stereocenters. The first kappa shape index (κ1) is 12.8. The second-order valence-electron chi connectivity index (χ2n) is 5.07. The van der Waals surface area contributed by atoms with Crippen molar-refractivity contribution in [3.8, 4) is 0 Å². The Morgan fingerprint density at radius 2 is 1.94 bits per heavy atom. The highest BCUT2D eigenvalue weighted by Crippen LogP contribution is 2.28. The van der Waals surface area contributed by atoms with Crippen LogP contribution in [0.5, 0.6) is 0 Å². The van der Waals surface area contributed by atoms with Gasteiger partial charge in [-0.2, -0.15) is 0 Å². The summed E-state index contributed by atoms with van der Waals surface area (Å²) in [6.07, 6.45) is 0.869. The van der Waals surface area contributed by atoms with Crippen LogP contribution in [0.25, 0.3) is 11.0 Å². The number of aromatic nitrogens is 2. The molecule has 2 aromatic rings. The molecule has 5 heteroatoms. The monoisotopic (exact) mass is 253 g/mol. The fraction of sp³-hybridized carbons (Fsp3) is 0.462. The van der Waals surface area contributed by atoms with Gasteiger partial charge in [0.15, 0.2) is 5.82 Å². The van der Waals surface area contributed by atoms with Gasteiger partial charge in [-0.25, -0.2) is 13.8 Å². The maximum Gasteiger partial charge on any atom is 0.201 e. The van der Waals surface area contributed by atoms with Gasteiger partial charge in [-0.15, -0.1) is 0 Å². The van der Waals surface area contributed by atoms with Crippen LogP contribution in [-0.2, 0) is 0 Å². The molecule has 2 N–H and O–H groups in total. The zero-order valence-electron chi connectivity index (χ0n) is 10.7. The molecule has 0 fully saturated rings. The summed E-state index contributed by atoms with van der Waals surface area (Å²) in [7, 11) is 0. The summed E-state index contributed by atoms with van der Waals surface area (Å²) in [5, 5.41) is 0. The van der Waals surface area contributed by atoms with Crippen LogP contribution in [0.2, 0.25) is 0 Å². The molecule has 0 aliphatic rings. The van der Waals surface area contributed by atoms with Crippen molar-refractivity contribution >= 4 is 17.0 Å². The summed E-state index contributed by atoms with van der Waals surface area (Å²) < 4.78 is 28.6. The van der Waals surface area contributed by atoms with E-state index in [-0.39, 0.29) is 17.5 Å². The second kappa shape index (κ2) is 4.55. The number of rotatable bonds is 3. The Morgan fingerprint density at radius 1 is 1.28 bits per heavy atom. The number of hydrogen-bond acceptors (Lipinski definition) is 2. The largest absolute Gasteiger partial charge is 0.369 e. The van der Waals surface area contributed by atoms with Crippen molar-refractivity contribution in [1.82, 2.24) is 9.55 Å². The number of nitrogens with zero attached hydrogens (tertiary/aromatic N) is 2. The van der Waals surface area contributed by atoms with Crippen LogP contribution in [0.4, 0.5) is 14.7 Å². The Balaban J connectivity index is 2.59. The van der Waals surface area contributed by atoms with Gasteiger partial charge >= 0.3 is 0 Å². The minimum atomic E-state index is -0.674. The van der Waals surface area contributed by atoms with Crippen LogP contribution in [0.15, 0.2) is 12.1 Å². The molecule has 1 heterocycles. The van der Waals surface area contributed by atoms with Gasteiger partial charge in [0.05, 0.1) is 5.52 Å². The molecule has 3 nitrogen and oxygen atoms in total. The lowest BCUT2D eigenvalue weighted by Crippen LogP contribution is -2.11. The van der Waals surface area contributed by atoms with Crippen LogP contribution in [0.3, 0.4) is 0 Å². The van der Waals surface area contributed by atoms with E-state index in [1.54, 1.807) is 4.57 Å². The molecule has 0 bridgehead atoms. The van der Waals surface area contributed by atoms with Gasteiger partial charge in [-0.1, -0.05) is 13.8 Å². The summed E-state index contributed by atoms with van der Waals surface area (Å²) in [6.45, 7) is 6.15. The Hall–Kier alpha value is -1.65. The minimum absolute atomic E-state index is 0.0520. The predicted molar refractivity (Wildman–Crippen MR) is 68.2 cm³/mol. The standard InChI is InChI=1S/C13H17F2N3/c1-7(2)4-8(3)18-11-6-9(14)5-10(15)12(11)17-13(18)16/h5-8H,4H2,1-3H3,(H2,16,17). The quantitative estimate of drug-likeness (QED) is 0.909. The van der Waals surface area contributed by atoms with Crippen LogP contribution in [0, 0.1) is 17.6 Å². The van der Waals surface area contributed by atoms with E-state index in [1.165, 1.54) is 6.07 Å². The highest BCUT2D eigenvalue weighted by Gasteiger charge is 2.18. The maximum absolute atomic E-state index is 13.6. The normalized spacial score (nSPS) is 13.4. The number of nitrogens with two attached hydrogens (primary N) is 1. The van der Waals surface area contributed by atoms with E-state index in [2.05, 4.69) is 18.8 Å². The molecule has 0 saturated carbocycles. The molecule has 0 amide bonds. The first-order valence-corrected chi connectivity index (χ1v) is 6.02. The SMILES string of the molecule is CC(C)CC(C)n1c(N)nc2c(F)cc(F)cc21. The molecular weight excluding hydrogens is 236 g/mol. The molecule has 2 rings (SSSR count). The van der Waals surface area contributed by atoms with Crippen molar-refractivity contribution in [3.05, 3.63) is 23.8 Å². The smallest absolute Gasteiger partial charge is 0.201 e. The topological polar surface area (TPSA) is 43.8 Å². The molecule has 0 aliphatic heterocycles. The zero-order chi connectivity index (χ0) is 13.4. The molecule has 1 aromatic heterocycles. The van der Waals surface area contributed by atoms with Crippen LogP contribution in [-0.4, -0.2) is 9.55 Å². The van der Waals surface area contributed by atoms with Crippen molar-refractivity contribution in [3.63, 3.8) is 0 Å². The van der Waals surface area contributed by atoms with E-state index in [0.717, 1.165) is 12.5 Å². The van der Waals surface area contributed by atoms with E-state index < -0.39 is 11.6 Å². The highest BCUT2D eigenvalue weighted by atomic mass is 19.1. The van der Waals surface area contributed by atoms with Gasteiger partial charge in [0.1, 0.15) is 11.3 Å². The Morgan fingerprint density at radius 3 is 2.56 bits per heavy atom. The van der Waals surface area contributed by atoms with E-state index >= 15 is 0 Å². The van der Waals surface area contributed by atoms with Gasteiger partial charge in [-0.05, 0) is 19.3 Å². The van der Waals surface area contributed by atoms with Gasteiger partial charge < -0.3 is 10.3 Å². The van der Waals surface area contributed by atoms with Crippen molar-refractivity contribution < 1.29 is 8.78 Å². The van der Waals surface area contributed by atoms with Crippen molar-refractivity contribution in [2.45, 2.75) is 33.2 Å². The van der Waals surface area contributed by atoms with E-state index in [9.17, 15) is 8.78 Å². The van der Waals surface area contributed by atoms with E-state index in [1.807, 2.05) is 6.92 Å². The van der Waals surface area contributed by atoms with Crippen LogP contribution < -0.4 is 5.73 Å². The predicted octanol–water partition coefficient (Wildman–Crippen LogP) is 3.50. The third-order valence-electron chi connectivity index (χ3n) is 2.99. The average Bonchev–Trinajstić information content (AvgIpc) is 2.53. The summed E-state index contributed by atoms with van der Waals surface area (Å²) in [6, 6.07) is 2.15. The first-order chi connectivity index (χ1) is 8.40. The molecule has 0 aliphatic carbocycles. The number of benzene rings is 1. The highest BCUT2D eigenvalue weighted by molar-refractivity contribution is 5.79. The van der Waals surface area contributed by atoms with Crippen LogP contribution >= 0.6 is 0 Å². The maximum atomic E-state index is 13.6. The third kappa shape index (κ3) is 2.17. The number of imidazole rings is 1. The van der Waals surface area contributed by atoms with Crippen molar-refractivity contribution in [2.24, 2.45) is 5.92 Å². The van der Waals surface area contributed by atoms with Gasteiger partial charge in [0.25, 0.3) is 0 Å². The number of anilines is 1.